The normalized spacial score (nSPS) is 19.9. The van der Waals surface area contributed by atoms with Crippen LogP contribution in [0.25, 0.3) is 0 Å². The first-order chi connectivity index (χ1) is 15.0. The Morgan fingerprint density at radius 3 is 2.72 bits per heavy atom. The molecular weight excluding hydrogens is 472 g/mol. The maximum absolute atomic E-state index is 12.8. The summed E-state index contributed by atoms with van der Waals surface area (Å²) in [5, 5.41) is 20.0. The number of hydrogen-bond donors (Lipinski definition) is 4. The number of carboxylic acid groups (broad SMARTS) is 1. The Labute approximate surface area is 183 Å². The second kappa shape index (κ2) is 8.85. The first kappa shape index (κ1) is 23.0. The molecule has 0 spiro atoms. The maximum Gasteiger partial charge on any atom is 0.362 e. The third kappa shape index (κ3) is 4.81. The molecule has 3 rings (SSSR count). The molecule has 16 nitrogen and oxygen atoms in total. The predicted octanol–water partition coefficient (Wildman–Crippen LogP) is -2.29. The van der Waals surface area contributed by atoms with E-state index in [0.29, 0.717) is 0 Å². The molecule has 0 radical (unpaired) electrons. The number of hydrogen-bond acceptors (Lipinski definition) is 12. The molecule has 0 aromatic carbocycles. The molecular formula is C14H16N8O8S2. The van der Waals surface area contributed by atoms with Gasteiger partial charge in [0.25, 0.3) is 11.8 Å². The van der Waals surface area contributed by atoms with Gasteiger partial charge >= 0.3 is 16.3 Å². The van der Waals surface area contributed by atoms with Crippen molar-refractivity contribution in [3.05, 3.63) is 23.7 Å². The van der Waals surface area contributed by atoms with Crippen LogP contribution in [0.15, 0.2) is 23.2 Å². The van der Waals surface area contributed by atoms with Crippen molar-refractivity contribution in [2.24, 2.45) is 5.16 Å². The predicted molar refractivity (Wildman–Crippen MR) is 105 cm³/mol. The zero-order valence-corrected chi connectivity index (χ0v) is 17.7. The molecule has 1 fully saturated rings. The van der Waals surface area contributed by atoms with E-state index in [9.17, 15) is 27.4 Å². The fraction of sp³-hybridized carbons (Fsp3) is 0.357. The van der Waals surface area contributed by atoms with E-state index < -0.39 is 52.0 Å². The van der Waals surface area contributed by atoms with Crippen LogP contribution in [0, 0.1) is 0 Å². The maximum atomic E-state index is 12.8. The number of aromatic nitrogens is 4. The minimum Gasteiger partial charge on any atom is -0.478 e. The lowest BCUT2D eigenvalue weighted by Gasteiger charge is -2.43. The van der Waals surface area contributed by atoms with Crippen LogP contribution in [0.1, 0.15) is 12.6 Å². The van der Waals surface area contributed by atoms with Crippen molar-refractivity contribution in [2.75, 3.05) is 5.73 Å². The Kier molecular flexibility index (Phi) is 6.37. The minimum absolute atomic E-state index is 0.0613. The zero-order valence-electron chi connectivity index (χ0n) is 16.1. The highest BCUT2D eigenvalue weighted by Crippen LogP contribution is 2.25. The summed E-state index contributed by atoms with van der Waals surface area (Å²) in [5.74, 6) is -3.48. The van der Waals surface area contributed by atoms with E-state index in [-0.39, 0.29) is 21.7 Å². The number of amides is 2. The number of nitrogens with one attached hydrogen (secondary N) is 1. The molecule has 3 atom stereocenters. The Bertz CT molecular complexity index is 1160. The number of aliphatic carboxylic acids is 1. The molecule has 2 amide bonds. The molecule has 172 valence electrons. The average molecular weight is 488 g/mol. The van der Waals surface area contributed by atoms with Crippen molar-refractivity contribution in [3.8, 4) is 0 Å². The highest BCUT2D eigenvalue weighted by Gasteiger charge is 2.54. The van der Waals surface area contributed by atoms with Gasteiger partial charge in [0.05, 0.1) is 12.6 Å². The van der Waals surface area contributed by atoms with Gasteiger partial charge in [0.15, 0.2) is 10.8 Å². The molecule has 18 heteroatoms. The van der Waals surface area contributed by atoms with Gasteiger partial charge in [0.1, 0.15) is 24.4 Å². The van der Waals surface area contributed by atoms with E-state index in [1.807, 2.05) is 0 Å². The molecule has 5 N–H and O–H groups in total. The largest absolute Gasteiger partial charge is 0.478 e. The van der Waals surface area contributed by atoms with E-state index in [1.165, 1.54) is 29.6 Å². The lowest BCUT2D eigenvalue weighted by Crippen LogP contribution is -2.73. The first-order valence-corrected chi connectivity index (χ1v) is 10.9. The quantitative estimate of drug-likeness (QED) is 0.126. The van der Waals surface area contributed by atoms with Gasteiger partial charge in [0.2, 0.25) is 6.10 Å². The summed E-state index contributed by atoms with van der Waals surface area (Å²) in [7, 11) is -4.91. The standard InChI is InChI=1S/C14H16N8O8S2/c1-6(13(25)26)30-20-9(7-3-31-14(15)18-7)11(23)19-10-8(2-21-5-16-4-17-21)22(12(10)24)32(27,28)29/h3-6,8,10H,2H2,1H3,(H2,15,18)(H,19,23)(H,25,26)(H,27,28,29)/t6-,8-,10+/m1/s1. The zero-order chi connectivity index (χ0) is 23.6. The number of anilines is 1. The Morgan fingerprint density at radius 1 is 1.47 bits per heavy atom. The second-order valence-electron chi connectivity index (χ2n) is 6.34. The fourth-order valence-electron chi connectivity index (χ4n) is 2.65. The Balaban J connectivity index is 1.85. The molecule has 0 saturated carbocycles. The second-order valence-corrected chi connectivity index (χ2v) is 8.52. The topological polar surface area (TPSA) is 232 Å². The van der Waals surface area contributed by atoms with Crippen molar-refractivity contribution >= 4 is 50.3 Å². The van der Waals surface area contributed by atoms with Crippen LogP contribution in [0.2, 0.25) is 0 Å². The highest BCUT2D eigenvalue weighted by atomic mass is 32.2. The SMILES string of the molecule is C[C@@H](ON=C(C(=O)N[C@@H]1C(=O)N(S(=O)(=O)O)[C@@H]1Cn1cncn1)c1csc(N)n1)C(=O)O. The summed E-state index contributed by atoms with van der Waals surface area (Å²) in [6.45, 7) is 0.948. The molecule has 1 aliphatic rings. The molecule has 2 aromatic heterocycles. The minimum atomic E-state index is -4.91. The Morgan fingerprint density at radius 2 is 2.19 bits per heavy atom. The summed E-state index contributed by atoms with van der Waals surface area (Å²) in [6.07, 6.45) is 1.01. The van der Waals surface area contributed by atoms with Gasteiger partial charge in [-0.1, -0.05) is 5.16 Å². The number of β-lactam (4-membered cyclic amide) rings is 1. The van der Waals surface area contributed by atoms with Crippen molar-refractivity contribution in [3.63, 3.8) is 0 Å². The van der Waals surface area contributed by atoms with Crippen LogP contribution in [0.4, 0.5) is 5.13 Å². The van der Waals surface area contributed by atoms with E-state index >= 15 is 0 Å². The van der Waals surface area contributed by atoms with Gasteiger partial charge < -0.3 is 21.0 Å². The molecule has 3 heterocycles. The number of rotatable bonds is 9. The number of oxime groups is 1. The summed E-state index contributed by atoms with van der Waals surface area (Å²) >= 11 is 0.965. The fourth-order valence-corrected chi connectivity index (χ4v) is 4.07. The number of nitrogen functional groups attached to an aromatic ring is 1. The molecule has 2 aromatic rings. The number of nitrogens with two attached hydrogens (primary N) is 1. The number of thiazole rings is 1. The van der Waals surface area contributed by atoms with Crippen molar-refractivity contribution < 1.29 is 37.3 Å². The number of carboxylic acids is 1. The third-order valence-corrected chi connectivity index (χ3v) is 5.80. The first-order valence-electron chi connectivity index (χ1n) is 8.61. The van der Waals surface area contributed by atoms with E-state index in [0.717, 1.165) is 11.3 Å². The third-order valence-electron chi connectivity index (χ3n) is 4.17. The lowest BCUT2D eigenvalue weighted by molar-refractivity contribution is -0.149. The Hall–Kier alpha value is -3.64. The molecule has 0 aliphatic carbocycles. The summed E-state index contributed by atoms with van der Waals surface area (Å²) in [6, 6.07) is -2.63. The van der Waals surface area contributed by atoms with Crippen LogP contribution in [-0.4, -0.2) is 83.8 Å². The van der Waals surface area contributed by atoms with Gasteiger partial charge in [0, 0.05) is 5.38 Å². The number of nitrogens with zero attached hydrogens (tertiary/aromatic N) is 6. The van der Waals surface area contributed by atoms with Gasteiger partial charge in [-0.2, -0.15) is 13.5 Å². The highest BCUT2D eigenvalue weighted by molar-refractivity contribution is 7.84. The summed E-state index contributed by atoms with van der Waals surface area (Å²) in [4.78, 5) is 48.5. The number of carbonyl (C=O) groups excluding carboxylic acids is 2. The average Bonchev–Trinajstić information content (AvgIpc) is 3.36. The van der Waals surface area contributed by atoms with Crippen molar-refractivity contribution in [1.82, 2.24) is 29.4 Å². The van der Waals surface area contributed by atoms with Crippen LogP contribution in [0.3, 0.4) is 0 Å². The monoisotopic (exact) mass is 488 g/mol. The van der Waals surface area contributed by atoms with Gasteiger partial charge in [-0.25, -0.2) is 19.1 Å². The van der Waals surface area contributed by atoms with Gasteiger partial charge in [-0.05, 0) is 6.92 Å². The summed E-state index contributed by atoms with van der Waals surface area (Å²) < 4.78 is 33.9. The van der Waals surface area contributed by atoms with Gasteiger partial charge in [-0.3, -0.25) is 18.8 Å². The van der Waals surface area contributed by atoms with E-state index in [2.05, 4.69) is 25.5 Å². The van der Waals surface area contributed by atoms with Crippen LogP contribution in [-0.2, 0) is 36.1 Å². The molecule has 1 saturated heterocycles. The molecule has 0 unspecified atom stereocenters. The van der Waals surface area contributed by atoms with Crippen LogP contribution >= 0.6 is 11.3 Å². The van der Waals surface area contributed by atoms with Crippen LogP contribution < -0.4 is 11.1 Å². The smallest absolute Gasteiger partial charge is 0.362 e. The lowest BCUT2D eigenvalue weighted by atomic mass is 9.98. The number of carbonyl (C=O) groups is 3. The van der Waals surface area contributed by atoms with Crippen molar-refractivity contribution in [1.29, 1.82) is 0 Å². The van der Waals surface area contributed by atoms with Gasteiger partial charge in [-0.15, -0.1) is 11.3 Å². The summed E-state index contributed by atoms with van der Waals surface area (Å²) in [5.41, 5.74) is 5.00. The van der Waals surface area contributed by atoms with Crippen LogP contribution in [0.5, 0.6) is 0 Å². The molecule has 1 aliphatic heterocycles. The van der Waals surface area contributed by atoms with E-state index in [4.69, 9.17) is 15.7 Å². The van der Waals surface area contributed by atoms with Crippen molar-refractivity contribution in [2.45, 2.75) is 31.7 Å². The molecule has 32 heavy (non-hydrogen) atoms. The van der Waals surface area contributed by atoms with E-state index in [1.54, 1.807) is 0 Å². The molecule has 0 bridgehead atoms.